The Morgan fingerprint density at radius 1 is 1.11 bits per heavy atom. The van der Waals surface area contributed by atoms with Crippen molar-refractivity contribution in [1.29, 1.82) is 0 Å². The van der Waals surface area contributed by atoms with Crippen LogP contribution in [0.1, 0.15) is 24.0 Å². The first-order valence-electron chi connectivity index (χ1n) is 9.80. The summed E-state index contributed by atoms with van der Waals surface area (Å²) in [5.41, 5.74) is 2.15. The second-order valence-corrected chi connectivity index (χ2v) is 7.56. The molecule has 5 nitrogen and oxygen atoms in total. The number of nitrogens with one attached hydrogen (secondary N) is 1. The fourth-order valence-electron chi connectivity index (χ4n) is 3.43. The van der Waals surface area contributed by atoms with Gasteiger partial charge in [-0.05, 0) is 55.3 Å². The highest BCUT2D eigenvalue weighted by Gasteiger charge is 2.17. The highest BCUT2D eigenvalue weighted by atomic mass is 35.5. The first-order chi connectivity index (χ1) is 13.7. The van der Waals surface area contributed by atoms with Crippen LogP contribution in [0.5, 0.6) is 11.5 Å². The molecule has 6 heteroatoms. The number of hydrogen-bond donors (Lipinski definition) is 2. The Balaban J connectivity index is 1.52. The van der Waals surface area contributed by atoms with Gasteiger partial charge in [0.15, 0.2) is 11.5 Å². The summed E-state index contributed by atoms with van der Waals surface area (Å²) in [5, 5.41) is 14.4. The van der Waals surface area contributed by atoms with Crippen LogP contribution in [0.3, 0.4) is 0 Å². The van der Waals surface area contributed by atoms with Gasteiger partial charge in [0.05, 0.1) is 7.11 Å². The van der Waals surface area contributed by atoms with E-state index in [4.69, 9.17) is 21.1 Å². The quantitative estimate of drug-likeness (QED) is 0.635. The average molecular weight is 405 g/mol. The van der Waals surface area contributed by atoms with Crippen LogP contribution >= 0.6 is 11.6 Å². The largest absolute Gasteiger partial charge is 0.493 e. The summed E-state index contributed by atoms with van der Waals surface area (Å²) in [6.07, 6.45) is 1.92. The van der Waals surface area contributed by atoms with E-state index in [1.807, 2.05) is 42.5 Å². The number of halogens is 1. The van der Waals surface area contributed by atoms with Gasteiger partial charge in [-0.25, -0.2) is 0 Å². The fourth-order valence-corrected chi connectivity index (χ4v) is 3.63. The van der Waals surface area contributed by atoms with Gasteiger partial charge in [-0.15, -0.1) is 0 Å². The highest BCUT2D eigenvalue weighted by Crippen LogP contribution is 2.28. The molecule has 0 bridgehead atoms. The van der Waals surface area contributed by atoms with Crippen molar-refractivity contribution in [1.82, 2.24) is 10.2 Å². The van der Waals surface area contributed by atoms with Crippen LogP contribution in [0.25, 0.3) is 0 Å². The minimum Gasteiger partial charge on any atom is -0.493 e. The molecular weight excluding hydrogens is 376 g/mol. The molecule has 0 aromatic heterocycles. The molecule has 1 aliphatic heterocycles. The van der Waals surface area contributed by atoms with E-state index in [0.717, 1.165) is 29.2 Å². The van der Waals surface area contributed by atoms with Crippen molar-refractivity contribution in [2.24, 2.45) is 0 Å². The van der Waals surface area contributed by atoms with Crippen molar-refractivity contribution in [2.75, 3.05) is 33.4 Å². The van der Waals surface area contributed by atoms with Crippen molar-refractivity contribution in [3.05, 3.63) is 58.6 Å². The van der Waals surface area contributed by atoms with Crippen LogP contribution in [0.15, 0.2) is 42.5 Å². The third-order valence-corrected chi connectivity index (χ3v) is 5.30. The summed E-state index contributed by atoms with van der Waals surface area (Å²) >= 11 is 6.20. The molecule has 0 amide bonds. The lowest BCUT2D eigenvalue weighted by atomic mass is 10.2. The van der Waals surface area contributed by atoms with E-state index in [1.165, 1.54) is 12.8 Å². The molecule has 2 N–H and O–H groups in total. The zero-order chi connectivity index (χ0) is 19.8. The van der Waals surface area contributed by atoms with Gasteiger partial charge < -0.3 is 24.8 Å². The predicted octanol–water partition coefficient (Wildman–Crippen LogP) is 3.47. The fraction of sp³-hybridized carbons (Fsp3) is 0.455. The van der Waals surface area contributed by atoms with Gasteiger partial charge in [-0.2, -0.15) is 0 Å². The van der Waals surface area contributed by atoms with Gasteiger partial charge in [-0.3, -0.25) is 0 Å². The standard InChI is InChI=1S/C22H29ClN2O3/c1-27-21-9-8-17(13-24-14-18-6-2-3-7-20(18)23)12-22(21)28-16-19(26)15-25-10-4-5-11-25/h2-3,6-9,12,19,24,26H,4-5,10-11,13-16H2,1H3/t19-/m1/s1. The number of ether oxygens (including phenoxy) is 2. The molecule has 1 saturated heterocycles. The first-order valence-corrected chi connectivity index (χ1v) is 10.2. The Morgan fingerprint density at radius 2 is 1.89 bits per heavy atom. The van der Waals surface area contributed by atoms with E-state index in [1.54, 1.807) is 7.11 Å². The molecule has 1 fully saturated rings. The number of nitrogens with zero attached hydrogens (tertiary/aromatic N) is 1. The van der Waals surface area contributed by atoms with Gasteiger partial charge in [0.1, 0.15) is 12.7 Å². The molecule has 2 aromatic rings. The number of aliphatic hydroxyl groups is 1. The van der Waals surface area contributed by atoms with Crippen molar-refractivity contribution < 1.29 is 14.6 Å². The van der Waals surface area contributed by atoms with Gasteiger partial charge in [0.2, 0.25) is 0 Å². The molecule has 1 heterocycles. The number of benzene rings is 2. The molecule has 0 unspecified atom stereocenters. The topological polar surface area (TPSA) is 54.0 Å². The summed E-state index contributed by atoms with van der Waals surface area (Å²) in [4.78, 5) is 2.28. The van der Waals surface area contributed by atoms with E-state index in [-0.39, 0.29) is 6.61 Å². The maximum absolute atomic E-state index is 10.3. The van der Waals surface area contributed by atoms with Crippen molar-refractivity contribution in [3.8, 4) is 11.5 Å². The summed E-state index contributed by atoms with van der Waals surface area (Å²) in [7, 11) is 1.62. The molecule has 0 radical (unpaired) electrons. The van der Waals surface area contributed by atoms with Crippen LogP contribution in [0, 0.1) is 0 Å². The average Bonchev–Trinajstić information content (AvgIpc) is 3.21. The molecule has 28 heavy (non-hydrogen) atoms. The molecule has 0 spiro atoms. The molecule has 152 valence electrons. The Morgan fingerprint density at radius 3 is 2.64 bits per heavy atom. The van der Waals surface area contributed by atoms with Gasteiger partial charge in [0.25, 0.3) is 0 Å². The molecule has 3 rings (SSSR count). The lowest BCUT2D eigenvalue weighted by molar-refractivity contribution is 0.0746. The molecule has 0 saturated carbocycles. The van der Waals surface area contributed by atoms with E-state index in [2.05, 4.69) is 10.2 Å². The minimum absolute atomic E-state index is 0.253. The Hall–Kier alpha value is -1.79. The van der Waals surface area contributed by atoms with Gasteiger partial charge >= 0.3 is 0 Å². The third-order valence-electron chi connectivity index (χ3n) is 4.93. The molecule has 1 aliphatic rings. The predicted molar refractivity (Wildman–Crippen MR) is 112 cm³/mol. The van der Waals surface area contributed by atoms with E-state index >= 15 is 0 Å². The Kier molecular flexibility index (Phi) is 7.98. The molecule has 2 aromatic carbocycles. The van der Waals surface area contributed by atoms with E-state index in [0.29, 0.717) is 31.1 Å². The lowest BCUT2D eigenvalue weighted by Gasteiger charge is -2.20. The van der Waals surface area contributed by atoms with Gasteiger partial charge in [0, 0.05) is 24.7 Å². The summed E-state index contributed by atoms with van der Waals surface area (Å²) in [5.74, 6) is 1.32. The number of rotatable bonds is 10. The van der Waals surface area contributed by atoms with Crippen LogP contribution < -0.4 is 14.8 Å². The van der Waals surface area contributed by atoms with Crippen LogP contribution in [0.2, 0.25) is 5.02 Å². The SMILES string of the molecule is COc1ccc(CNCc2ccccc2Cl)cc1OC[C@H](O)CN1CCCC1. The maximum atomic E-state index is 10.3. The molecule has 0 aliphatic carbocycles. The monoisotopic (exact) mass is 404 g/mol. The van der Waals surface area contributed by atoms with E-state index < -0.39 is 6.10 Å². The molecular formula is C22H29ClN2O3. The Labute approximate surface area is 172 Å². The number of β-amino-alcohol motifs (C(OH)–C–C–N with tert-alkyl or cyclic N) is 1. The summed E-state index contributed by atoms with van der Waals surface area (Å²) in [6, 6.07) is 13.7. The zero-order valence-corrected chi connectivity index (χ0v) is 17.1. The van der Waals surface area contributed by atoms with Crippen LogP contribution in [-0.4, -0.2) is 49.5 Å². The number of methoxy groups -OCH3 is 1. The van der Waals surface area contributed by atoms with Crippen molar-refractivity contribution >= 4 is 11.6 Å². The number of hydrogen-bond acceptors (Lipinski definition) is 5. The Bertz CT molecular complexity index is 750. The van der Waals surface area contributed by atoms with Crippen LogP contribution in [0.4, 0.5) is 0 Å². The second kappa shape index (κ2) is 10.7. The van der Waals surface area contributed by atoms with Crippen molar-refractivity contribution in [2.45, 2.75) is 32.0 Å². The highest BCUT2D eigenvalue weighted by molar-refractivity contribution is 6.31. The number of likely N-dealkylation sites (tertiary alicyclic amines) is 1. The maximum Gasteiger partial charge on any atom is 0.161 e. The first kappa shape index (κ1) is 20.9. The minimum atomic E-state index is -0.509. The second-order valence-electron chi connectivity index (χ2n) is 7.15. The molecule has 1 atom stereocenters. The normalized spacial score (nSPS) is 15.5. The van der Waals surface area contributed by atoms with Crippen molar-refractivity contribution in [3.63, 3.8) is 0 Å². The summed E-state index contributed by atoms with van der Waals surface area (Å²) < 4.78 is 11.3. The smallest absolute Gasteiger partial charge is 0.161 e. The zero-order valence-electron chi connectivity index (χ0n) is 16.4. The van der Waals surface area contributed by atoms with Gasteiger partial charge in [-0.1, -0.05) is 35.9 Å². The third kappa shape index (κ3) is 6.11. The lowest BCUT2D eigenvalue weighted by Crippen LogP contribution is -2.33. The number of aliphatic hydroxyl groups excluding tert-OH is 1. The van der Waals surface area contributed by atoms with E-state index in [9.17, 15) is 5.11 Å². The summed E-state index contributed by atoms with van der Waals surface area (Å²) in [6.45, 7) is 4.41. The van der Waals surface area contributed by atoms with Crippen LogP contribution in [-0.2, 0) is 13.1 Å².